The Balaban J connectivity index is 1.35. The van der Waals surface area contributed by atoms with E-state index in [0.29, 0.717) is 6.54 Å². The molecular formula is C18H26ClN3O2. The Kier molecular flexibility index (Phi) is 6.49. The van der Waals surface area contributed by atoms with E-state index in [1.165, 1.54) is 5.56 Å². The first-order chi connectivity index (χ1) is 11.7. The highest BCUT2D eigenvalue weighted by Gasteiger charge is 2.21. The van der Waals surface area contributed by atoms with E-state index in [1.807, 2.05) is 23.1 Å². The highest BCUT2D eigenvalue weighted by Crippen LogP contribution is 2.14. The molecule has 0 spiro atoms. The number of benzene rings is 1. The van der Waals surface area contributed by atoms with Crippen LogP contribution in [0.25, 0.3) is 0 Å². The van der Waals surface area contributed by atoms with Gasteiger partial charge < -0.3 is 15.0 Å². The summed E-state index contributed by atoms with van der Waals surface area (Å²) in [5.74, 6) is 0.190. The molecule has 1 atom stereocenters. The Labute approximate surface area is 148 Å². The highest BCUT2D eigenvalue weighted by atomic mass is 35.5. The lowest BCUT2D eigenvalue weighted by Crippen LogP contribution is -2.50. The third-order valence-electron chi connectivity index (χ3n) is 4.69. The molecule has 1 unspecified atom stereocenters. The van der Waals surface area contributed by atoms with Crippen molar-refractivity contribution in [2.75, 3.05) is 45.9 Å². The molecule has 2 aliphatic rings. The predicted octanol–water partition coefficient (Wildman–Crippen LogP) is 1.75. The van der Waals surface area contributed by atoms with Gasteiger partial charge in [-0.15, -0.1) is 0 Å². The topological polar surface area (TPSA) is 44.8 Å². The van der Waals surface area contributed by atoms with Crippen LogP contribution in [0.15, 0.2) is 24.3 Å². The lowest BCUT2D eigenvalue weighted by molar-refractivity contribution is -0.132. The summed E-state index contributed by atoms with van der Waals surface area (Å²) in [6, 6.07) is 7.98. The Morgan fingerprint density at radius 2 is 2.12 bits per heavy atom. The average molecular weight is 352 g/mol. The SMILES string of the molecule is O=C(CNCC1CCCO1)N1CCN(Cc2cccc(Cl)c2)CC1. The normalized spacial score (nSPS) is 22.0. The van der Waals surface area contributed by atoms with Gasteiger partial charge in [-0.25, -0.2) is 0 Å². The first-order valence-electron chi connectivity index (χ1n) is 8.77. The van der Waals surface area contributed by atoms with Crippen molar-refractivity contribution in [1.82, 2.24) is 15.1 Å². The Hall–Kier alpha value is -1.14. The monoisotopic (exact) mass is 351 g/mol. The smallest absolute Gasteiger partial charge is 0.236 e. The van der Waals surface area contributed by atoms with Crippen LogP contribution >= 0.6 is 11.6 Å². The molecule has 2 saturated heterocycles. The Morgan fingerprint density at radius 3 is 2.83 bits per heavy atom. The van der Waals surface area contributed by atoms with Gasteiger partial charge in [-0.2, -0.15) is 0 Å². The number of hydrogen-bond acceptors (Lipinski definition) is 4. The van der Waals surface area contributed by atoms with Crippen molar-refractivity contribution < 1.29 is 9.53 Å². The van der Waals surface area contributed by atoms with Crippen LogP contribution in [0.1, 0.15) is 18.4 Å². The zero-order valence-electron chi connectivity index (χ0n) is 14.0. The van der Waals surface area contributed by atoms with E-state index < -0.39 is 0 Å². The maximum Gasteiger partial charge on any atom is 0.236 e. The Bertz CT molecular complexity index is 541. The number of nitrogens with zero attached hydrogens (tertiary/aromatic N) is 2. The molecule has 3 rings (SSSR count). The minimum absolute atomic E-state index is 0.190. The molecule has 0 bridgehead atoms. The highest BCUT2D eigenvalue weighted by molar-refractivity contribution is 6.30. The number of nitrogens with one attached hydrogen (secondary N) is 1. The average Bonchev–Trinajstić information content (AvgIpc) is 3.09. The summed E-state index contributed by atoms with van der Waals surface area (Å²) >= 11 is 6.04. The number of piperazine rings is 1. The fourth-order valence-corrected chi connectivity index (χ4v) is 3.52. The van der Waals surface area contributed by atoms with Crippen LogP contribution in [0.2, 0.25) is 5.02 Å². The maximum atomic E-state index is 12.3. The minimum atomic E-state index is 0.190. The first kappa shape index (κ1) is 17.7. The second kappa shape index (κ2) is 8.81. The third-order valence-corrected chi connectivity index (χ3v) is 4.93. The summed E-state index contributed by atoms with van der Waals surface area (Å²) in [4.78, 5) is 16.6. The van der Waals surface area contributed by atoms with Crippen molar-refractivity contribution in [2.24, 2.45) is 0 Å². The summed E-state index contributed by atoms with van der Waals surface area (Å²) in [6.07, 6.45) is 2.52. The van der Waals surface area contributed by atoms with Crippen molar-refractivity contribution in [3.05, 3.63) is 34.9 Å². The summed E-state index contributed by atoms with van der Waals surface area (Å²) < 4.78 is 5.56. The van der Waals surface area contributed by atoms with Gasteiger partial charge in [0.1, 0.15) is 0 Å². The molecule has 1 aromatic carbocycles. The van der Waals surface area contributed by atoms with E-state index in [1.54, 1.807) is 0 Å². The zero-order chi connectivity index (χ0) is 16.8. The summed E-state index contributed by atoms with van der Waals surface area (Å²) in [6.45, 7) is 6.33. The molecule has 0 aliphatic carbocycles. The largest absolute Gasteiger partial charge is 0.377 e. The van der Waals surface area contributed by atoms with E-state index in [4.69, 9.17) is 16.3 Å². The van der Waals surface area contributed by atoms with Gasteiger partial charge >= 0.3 is 0 Å². The minimum Gasteiger partial charge on any atom is -0.377 e. The molecule has 6 heteroatoms. The Morgan fingerprint density at radius 1 is 1.29 bits per heavy atom. The van der Waals surface area contributed by atoms with Crippen molar-refractivity contribution >= 4 is 17.5 Å². The second-order valence-electron chi connectivity index (χ2n) is 6.55. The lowest BCUT2D eigenvalue weighted by Gasteiger charge is -2.35. The fraction of sp³-hybridized carbons (Fsp3) is 0.611. The molecule has 1 N–H and O–H groups in total. The van der Waals surface area contributed by atoms with Gasteiger partial charge in [0, 0.05) is 50.9 Å². The van der Waals surface area contributed by atoms with Gasteiger partial charge in [-0.3, -0.25) is 9.69 Å². The summed E-state index contributed by atoms with van der Waals surface area (Å²) in [7, 11) is 0. The van der Waals surface area contributed by atoms with Crippen LogP contribution in [-0.4, -0.2) is 67.7 Å². The van der Waals surface area contributed by atoms with Gasteiger partial charge in [0.15, 0.2) is 0 Å². The van der Waals surface area contributed by atoms with Crippen molar-refractivity contribution in [3.8, 4) is 0 Å². The van der Waals surface area contributed by atoms with Gasteiger partial charge in [-0.05, 0) is 30.5 Å². The van der Waals surface area contributed by atoms with E-state index >= 15 is 0 Å². The van der Waals surface area contributed by atoms with E-state index in [-0.39, 0.29) is 12.0 Å². The number of amides is 1. The fourth-order valence-electron chi connectivity index (χ4n) is 3.31. The number of ether oxygens (including phenoxy) is 1. The molecule has 1 amide bonds. The van der Waals surface area contributed by atoms with Crippen LogP contribution in [0.4, 0.5) is 0 Å². The molecule has 0 radical (unpaired) electrons. The second-order valence-corrected chi connectivity index (χ2v) is 6.99. The zero-order valence-corrected chi connectivity index (χ0v) is 14.8. The van der Waals surface area contributed by atoms with Crippen LogP contribution in [0.5, 0.6) is 0 Å². The molecule has 0 saturated carbocycles. The molecular weight excluding hydrogens is 326 g/mol. The molecule has 2 fully saturated rings. The first-order valence-corrected chi connectivity index (χ1v) is 9.15. The van der Waals surface area contributed by atoms with Crippen LogP contribution < -0.4 is 5.32 Å². The lowest BCUT2D eigenvalue weighted by atomic mass is 10.2. The van der Waals surface area contributed by atoms with Gasteiger partial charge in [0.2, 0.25) is 5.91 Å². The third kappa shape index (κ3) is 5.18. The van der Waals surface area contributed by atoms with Crippen molar-refractivity contribution in [3.63, 3.8) is 0 Å². The number of carbonyl (C=O) groups excluding carboxylic acids is 1. The van der Waals surface area contributed by atoms with Gasteiger partial charge in [-0.1, -0.05) is 23.7 Å². The standard InChI is InChI=1S/C18H26ClN3O2/c19-16-4-1-3-15(11-16)14-21-6-8-22(9-7-21)18(23)13-20-12-17-5-2-10-24-17/h1,3-4,11,17,20H,2,5-10,12-14H2. The summed E-state index contributed by atoms with van der Waals surface area (Å²) in [5.41, 5.74) is 1.22. The maximum absolute atomic E-state index is 12.3. The molecule has 1 aromatic rings. The number of rotatable bonds is 6. The van der Waals surface area contributed by atoms with Crippen molar-refractivity contribution in [1.29, 1.82) is 0 Å². The van der Waals surface area contributed by atoms with Crippen LogP contribution in [0, 0.1) is 0 Å². The van der Waals surface area contributed by atoms with Crippen LogP contribution in [-0.2, 0) is 16.1 Å². The van der Waals surface area contributed by atoms with Crippen LogP contribution in [0.3, 0.4) is 0 Å². The molecule has 5 nitrogen and oxygen atoms in total. The summed E-state index contributed by atoms with van der Waals surface area (Å²) in [5, 5.41) is 4.01. The number of halogens is 1. The number of hydrogen-bond donors (Lipinski definition) is 1. The quantitative estimate of drug-likeness (QED) is 0.848. The molecule has 24 heavy (non-hydrogen) atoms. The van der Waals surface area contributed by atoms with E-state index in [2.05, 4.69) is 16.3 Å². The van der Waals surface area contributed by atoms with Gasteiger partial charge in [0.25, 0.3) is 0 Å². The molecule has 0 aromatic heterocycles. The molecule has 2 heterocycles. The van der Waals surface area contributed by atoms with E-state index in [9.17, 15) is 4.79 Å². The molecule has 132 valence electrons. The number of carbonyl (C=O) groups is 1. The predicted molar refractivity (Wildman–Crippen MR) is 95.2 cm³/mol. The van der Waals surface area contributed by atoms with E-state index in [0.717, 1.165) is 63.7 Å². The molecule has 2 aliphatic heterocycles. The van der Waals surface area contributed by atoms with Gasteiger partial charge in [0.05, 0.1) is 12.6 Å². The van der Waals surface area contributed by atoms with Crippen molar-refractivity contribution in [2.45, 2.75) is 25.5 Å².